The molecule has 0 fully saturated rings. The summed E-state index contributed by atoms with van der Waals surface area (Å²) in [5.41, 5.74) is 0.878. The maximum absolute atomic E-state index is 11.9. The lowest BCUT2D eigenvalue weighted by molar-refractivity contribution is -0.161. The van der Waals surface area contributed by atoms with Crippen LogP contribution >= 0.6 is 0 Å². The molecule has 0 saturated carbocycles. The highest BCUT2D eigenvalue weighted by atomic mass is 16.5. The van der Waals surface area contributed by atoms with Gasteiger partial charge in [0.1, 0.15) is 6.61 Å². The summed E-state index contributed by atoms with van der Waals surface area (Å²) in [4.78, 5) is 23.4. The molecule has 102 valence electrons. The third-order valence-corrected chi connectivity index (χ3v) is 2.65. The first-order valence-electron chi connectivity index (χ1n) is 6.08. The second kappa shape index (κ2) is 8.08. The van der Waals surface area contributed by atoms with Crippen LogP contribution in [0.2, 0.25) is 0 Å². The quantitative estimate of drug-likeness (QED) is 0.430. The summed E-state index contributed by atoms with van der Waals surface area (Å²) < 4.78 is 9.74. The highest BCUT2D eigenvalue weighted by Gasteiger charge is 2.28. The van der Waals surface area contributed by atoms with Crippen molar-refractivity contribution in [1.29, 1.82) is 0 Å². The minimum atomic E-state index is -0.883. The predicted molar refractivity (Wildman–Crippen MR) is 71.2 cm³/mol. The number of hydrogen-bond acceptors (Lipinski definition) is 4. The molecule has 1 unspecified atom stereocenters. The number of ether oxygens (including phenoxy) is 2. The van der Waals surface area contributed by atoms with Crippen LogP contribution in [0.1, 0.15) is 18.4 Å². The number of rotatable bonds is 7. The minimum Gasteiger partial charge on any atom is -0.468 e. The van der Waals surface area contributed by atoms with E-state index in [1.54, 1.807) is 6.08 Å². The molecule has 1 aromatic rings. The Hall–Kier alpha value is -2.10. The lowest BCUT2D eigenvalue weighted by Crippen LogP contribution is -2.27. The summed E-state index contributed by atoms with van der Waals surface area (Å²) in [5, 5.41) is 0. The van der Waals surface area contributed by atoms with E-state index in [4.69, 9.17) is 4.74 Å². The van der Waals surface area contributed by atoms with E-state index >= 15 is 0 Å². The Morgan fingerprint density at radius 3 is 2.53 bits per heavy atom. The molecule has 4 nitrogen and oxygen atoms in total. The molecule has 0 saturated heterocycles. The third kappa shape index (κ3) is 4.95. The number of methoxy groups -OCH3 is 1. The average Bonchev–Trinajstić information content (AvgIpc) is 2.46. The lowest BCUT2D eigenvalue weighted by atomic mass is 10.0. The van der Waals surface area contributed by atoms with Crippen molar-refractivity contribution >= 4 is 11.9 Å². The van der Waals surface area contributed by atoms with Gasteiger partial charge in [0.25, 0.3) is 0 Å². The largest absolute Gasteiger partial charge is 0.468 e. The Morgan fingerprint density at radius 1 is 1.26 bits per heavy atom. The van der Waals surface area contributed by atoms with Gasteiger partial charge in [-0.05, 0) is 18.4 Å². The molecule has 0 bridgehead atoms. The maximum atomic E-state index is 11.9. The van der Waals surface area contributed by atoms with Crippen molar-refractivity contribution in [3.8, 4) is 0 Å². The average molecular weight is 262 g/mol. The Balaban J connectivity index is 2.56. The van der Waals surface area contributed by atoms with Gasteiger partial charge < -0.3 is 9.47 Å². The Kier molecular flexibility index (Phi) is 6.36. The zero-order valence-corrected chi connectivity index (χ0v) is 11.0. The van der Waals surface area contributed by atoms with Crippen molar-refractivity contribution in [1.82, 2.24) is 0 Å². The van der Waals surface area contributed by atoms with Gasteiger partial charge in [0.2, 0.25) is 0 Å². The molecule has 19 heavy (non-hydrogen) atoms. The Morgan fingerprint density at radius 2 is 1.95 bits per heavy atom. The molecule has 1 aromatic carbocycles. The predicted octanol–water partition coefficient (Wildman–Crippen LogP) is 2.49. The van der Waals surface area contributed by atoms with Crippen LogP contribution in [0.3, 0.4) is 0 Å². The van der Waals surface area contributed by atoms with Gasteiger partial charge in [-0.15, -0.1) is 6.58 Å². The van der Waals surface area contributed by atoms with E-state index in [0.29, 0.717) is 12.8 Å². The number of hydrogen-bond donors (Lipinski definition) is 0. The van der Waals surface area contributed by atoms with Crippen LogP contribution in [0.25, 0.3) is 0 Å². The first-order valence-corrected chi connectivity index (χ1v) is 6.08. The van der Waals surface area contributed by atoms with Crippen molar-refractivity contribution in [2.45, 2.75) is 19.4 Å². The zero-order valence-electron chi connectivity index (χ0n) is 11.0. The highest BCUT2D eigenvalue weighted by molar-refractivity contribution is 5.94. The number of benzene rings is 1. The van der Waals surface area contributed by atoms with Gasteiger partial charge in [-0.25, -0.2) is 0 Å². The van der Waals surface area contributed by atoms with E-state index in [-0.39, 0.29) is 6.61 Å². The highest BCUT2D eigenvalue weighted by Crippen LogP contribution is 2.13. The topological polar surface area (TPSA) is 52.6 Å². The summed E-state index contributed by atoms with van der Waals surface area (Å²) >= 11 is 0. The van der Waals surface area contributed by atoms with Gasteiger partial charge in [-0.3, -0.25) is 9.59 Å². The van der Waals surface area contributed by atoms with Gasteiger partial charge in [0, 0.05) is 0 Å². The molecule has 4 heteroatoms. The third-order valence-electron chi connectivity index (χ3n) is 2.65. The van der Waals surface area contributed by atoms with Crippen LogP contribution in [0.5, 0.6) is 0 Å². The molecule has 0 N–H and O–H groups in total. The van der Waals surface area contributed by atoms with E-state index in [0.717, 1.165) is 5.56 Å². The fourth-order valence-corrected chi connectivity index (χ4v) is 1.59. The molecule has 1 atom stereocenters. The molecule has 0 heterocycles. The Bertz CT molecular complexity index is 425. The zero-order chi connectivity index (χ0) is 14.1. The summed E-state index contributed by atoms with van der Waals surface area (Å²) in [5.74, 6) is -2.01. The molecule has 1 rings (SSSR count). The first kappa shape index (κ1) is 15.0. The molecule has 0 amide bonds. The van der Waals surface area contributed by atoms with Crippen LogP contribution in [0.4, 0.5) is 0 Å². The maximum Gasteiger partial charge on any atom is 0.320 e. The second-order valence-electron chi connectivity index (χ2n) is 4.04. The monoisotopic (exact) mass is 262 g/mol. The van der Waals surface area contributed by atoms with Crippen molar-refractivity contribution in [3.63, 3.8) is 0 Å². The Labute approximate surface area is 113 Å². The van der Waals surface area contributed by atoms with E-state index in [1.165, 1.54) is 7.11 Å². The SMILES string of the molecule is C=CCCC(C(=O)OC)C(=O)OCc1ccccc1. The number of esters is 2. The summed E-state index contributed by atoms with van der Waals surface area (Å²) in [7, 11) is 1.26. The number of carbonyl (C=O) groups is 2. The molecule has 0 spiro atoms. The van der Waals surface area contributed by atoms with E-state index in [9.17, 15) is 9.59 Å². The van der Waals surface area contributed by atoms with Crippen molar-refractivity contribution in [3.05, 3.63) is 48.6 Å². The number of allylic oxidation sites excluding steroid dienone is 1. The molecule has 0 radical (unpaired) electrons. The van der Waals surface area contributed by atoms with Crippen LogP contribution in [0.15, 0.2) is 43.0 Å². The molecular weight excluding hydrogens is 244 g/mol. The minimum absolute atomic E-state index is 0.154. The fourth-order valence-electron chi connectivity index (χ4n) is 1.59. The summed E-state index contributed by atoms with van der Waals surface area (Å²) in [6.45, 7) is 3.72. The van der Waals surface area contributed by atoms with Gasteiger partial charge >= 0.3 is 11.9 Å². The van der Waals surface area contributed by atoms with Gasteiger partial charge in [0.15, 0.2) is 5.92 Å². The van der Waals surface area contributed by atoms with Crippen LogP contribution in [-0.4, -0.2) is 19.0 Å². The summed E-state index contributed by atoms with van der Waals surface area (Å²) in [6, 6.07) is 9.30. The molecule has 0 aliphatic carbocycles. The molecule has 0 aliphatic rings. The molecule has 0 aromatic heterocycles. The second-order valence-corrected chi connectivity index (χ2v) is 4.04. The van der Waals surface area contributed by atoms with E-state index < -0.39 is 17.9 Å². The van der Waals surface area contributed by atoms with Gasteiger partial charge in [0.05, 0.1) is 7.11 Å². The molecule has 0 aliphatic heterocycles. The summed E-state index contributed by atoms with van der Waals surface area (Å²) in [6.07, 6.45) is 2.56. The standard InChI is InChI=1S/C15H18O4/c1-3-4-10-13(14(16)18-2)15(17)19-11-12-8-6-5-7-9-12/h3,5-9,13H,1,4,10-11H2,2H3. The van der Waals surface area contributed by atoms with Crippen molar-refractivity contribution in [2.24, 2.45) is 5.92 Å². The van der Waals surface area contributed by atoms with Gasteiger partial charge in [-0.1, -0.05) is 36.4 Å². The number of carbonyl (C=O) groups excluding carboxylic acids is 2. The van der Waals surface area contributed by atoms with Crippen molar-refractivity contribution < 1.29 is 19.1 Å². The van der Waals surface area contributed by atoms with E-state index in [1.807, 2.05) is 30.3 Å². The molecular formula is C15H18O4. The van der Waals surface area contributed by atoms with Gasteiger partial charge in [-0.2, -0.15) is 0 Å². The first-order chi connectivity index (χ1) is 9.19. The smallest absolute Gasteiger partial charge is 0.320 e. The normalized spacial score (nSPS) is 11.4. The lowest BCUT2D eigenvalue weighted by Gasteiger charge is -2.13. The van der Waals surface area contributed by atoms with Crippen LogP contribution < -0.4 is 0 Å². The van der Waals surface area contributed by atoms with Crippen LogP contribution in [-0.2, 0) is 25.7 Å². The van der Waals surface area contributed by atoms with E-state index in [2.05, 4.69) is 11.3 Å². The van der Waals surface area contributed by atoms with Crippen molar-refractivity contribution in [2.75, 3.05) is 7.11 Å². The fraction of sp³-hybridized carbons (Fsp3) is 0.333. The van der Waals surface area contributed by atoms with Crippen LogP contribution in [0, 0.1) is 5.92 Å².